The smallest absolute Gasteiger partial charge is 0.315 e. The fourth-order valence-corrected chi connectivity index (χ4v) is 2.96. The van der Waals surface area contributed by atoms with Gasteiger partial charge in [0, 0.05) is 19.5 Å². The van der Waals surface area contributed by atoms with E-state index in [1.807, 2.05) is 24.3 Å². The van der Waals surface area contributed by atoms with Crippen LogP contribution in [-0.2, 0) is 13.0 Å². The fraction of sp³-hybridized carbons (Fsp3) is 0.350. The van der Waals surface area contributed by atoms with Crippen LogP contribution < -0.4 is 24.8 Å². The number of ether oxygens (including phenoxy) is 3. The number of nitrogens with one attached hydrogen (secondary N) is 2. The Morgan fingerprint density at radius 3 is 2.74 bits per heavy atom. The molecule has 27 heavy (non-hydrogen) atoms. The third kappa shape index (κ3) is 4.62. The number of benzene rings is 2. The van der Waals surface area contributed by atoms with Crippen LogP contribution in [0.4, 0.5) is 4.79 Å². The van der Waals surface area contributed by atoms with Gasteiger partial charge in [-0.05, 0) is 41.0 Å². The number of methoxy groups -OCH3 is 2. The van der Waals surface area contributed by atoms with Crippen LogP contribution in [0.25, 0.3) is 0 Å². The van der Waals surface area contributed by atoms with Crippen molar-refractivity contribution in [2.24, 2.45) is 0 Å². The quantitative estimate of drug-likeness (QED) is 0.693. The number of carbonyl (C=O) groups excluding carboxylic acids is 1. The third-order valence-corrected chi connectivity index (χ3v) is 4.46. The van der Waals surface area contributed by atoms with Crippen LogP contribution in [0, 0.1) is 0 Å². The average Bonchev–Trinajstić information content (AvgIpc) is 3.17. The number of urea groups is 1. The number of aliphatic hydroxyl groups is 1. The molecule has 144 valence electrons. The van der Waals surface area contributed by atoms with Crippen LogP contribution in [0.15, 0.2) is 36.4 Å². The average molecular weight is 372 g/mol. The molecule has 1 aliphatic heterocycles. The minimum Gasteiger partial charge on any atom is -0.493 e. The van der Waals surface area contributed by atoms with Gasteiger partial charge in [0.05, 0.1) is 26.9 Å². The molecule has 2 amide bonds. The second-order valence-electron chi connectivity index (χ2n) is 6.23. The van der Waals surface area contributed by atoms with Gasteiger partial charge in [0.1, 0.15) is 5.75 Å². The summed E-state index contributed by atoms with van der Waals surface area (Å²) in [5, 5.41) is 15.7. The summed E-state index contributed by atoms with van der Waals surface area (Å²) in [5.41, 5.74) is 2.73. The summed E-state index contributed by atoms with van der Waals surface area (Å²) in [6, 6.07) is 10.7. The highest BCUT2D eigenvalue weighted by atomic mass is 16.5. The monoisotopic (exact) mass is 372 g/mol. The highest BCUT2D eigenvalue weighted by Crippen LogP contribution is 2.28. The summed E-state index contributed by atoms with van der Waals surface area (Å²) in [6.45, 7) is 1.13. The number of fused-ring (bicyclic) bond motifs is 1. The molecule has 0 aromatic heterocycles. The van der Waals surface area contributed by atoms with E-state index >= 15 is 0 Å². The molecule has 3 N–H and O–H groups in total. The number of hydrogen-bond donors (Lipinski definition) is 3. The van der Waals surface area contributed by atoms with Crippen molar-refractivity contribution >= 4 is 6.03 Å². The maximum Gasteiger partial charge on any atom is 0.315 e. The molecule has 1 unspecified atom stereocenters. The Kier molecular flexibility index (Phi) is 6.03. The second kappa shape index (κ2) is 8.64. The molecule has 3 rings (SSSR count). The largest absolute Gasteiger partial charge is 0.493 e. The Bertz CT molecular complexity index is 809. The van der Waals surface area contributed by atoms with E-state index in [4.69, 9.17) is 14.2 Å². The van der Waals surface area contributed by atoms with Crippen molar-refractivity contribution in [2.45, 2.75) is 19.1 Å². The van der Waals surface area contributed by atoms with Crippen molar-refractivity contribution in [2.75, 3.05) is 27.4 Å². The normalized spacial score (nSPS) is 13.3. The lowest BCUT2D eigenvalue weighted by Crippen LogP contribution is -2.37. The Balaban J connectivity index is 1.48. The number of aliphatic hydroxyl groups excluding tert-OH is 1. The second-order valence-corrected chi connectivity index (χ2v) is 6.23. The first-order valence-electron chi connectivity index (χ1n) is 8.77. The van der Waals surface area contributed by atoms with Crippen LogP contribution in [-0.4, -0.2) is 38.5 Å². The van der Waals surface area contributed by atoms with Crippen LogP contribution in [0.2, 0.25) is 0 Å². The molecule has 7 nitrogen and oxygen atoms in total. The van der Waals surface area contributed by atoms with E-state index in [9.17, 15) is 9.90 Å². The van der Waals surface area contributed by atoms with E-state index in [0.717, 1.165) is 28.9 Å². The SMILES string of the molecule is COc1ccc(CNC(=O)NCC(O)c2ccc3c(c2)CCO3)cc1OC. The van der Waals surface area contributed by atoms with Gasteiger partial charge in [-0.1, -0.05) is 12.1 Å². The van der Waals surface area contributed by atoms with Crippen molar-refractivity contribution < 1.29 is 24.1 Å². The minimum absolute atomic E-state index is 0.122. The zero-order valence-corrected chi connectivity index (χ0v) is 15.5. The molecule has 0 saturated heterocycles. The molecule has 0 fully saturated rings. The van der Waals surface area contributed by atoms with Gasteiger partial charge in [-0.25, -0.2) is 4.79 Å². The molecule has 0 aliphatic carbocycles. The third-order valence-electron chi connectivity index (χ3n) is 4.46. The number of amides is 2. The molecular weight excluding hydrogens is 348 g/mol. The summed E-state index contributed by atoms with van der Waals surface area (Å²) in [5.74, 6) is 2.10. The molecule has 2 aromatic carbocycles. The number of hydrogen-bond acceptors (Lipinski definition) is 5. The predicted molar refractivity (Wildman–Crippen MR) is 100 cm³/mol. The van der Waals surface area contributed by atoms with Crippen LogP contribution in [0.3, 0.4) is 0 Å². The van der Waals surface area contributed by atoms with E-state index in [1.54, 1.807) is 26.4 Å². The Hall–Kier alpha value is -2.93. The highest BCUT2D eigenvalue weighted by Gasteiger charge is 2.16. The standard InChI is InChI=1S/C20H24N2O5/c1-25-18-5-3-13(9-19(18)26-2)11-21-20(24)22-12-16(23)14-4-6-17-15(10-14)7-8-27-17/h3-6,9-10,16,23H,7-8,11-12H2,1-2H3,(H2,21,22,24). The van der Waals surface area contributed by atoms with E-state index in [2.05, 4.69) is 10.6 Å². The van der Waals surface area contributed by atoms with E-state index in [-0.39, 0.29) is 12.6 Å². The molecule has 0 bridgehead atoms. The molecule has 1 heterocycles. The molecular formula is C20H24N2O5. The minimum atomic E-state index is -0.775. The molecule has 7 heteroatoms. The summed E-state index contributed by atoms with van der Waals surface area (Å²) < 4.78 is 15.9. The van der Waals surface area contributed by atoms with Gasteiger partial charge < -0.3 is 30.0 Å². The first-order valence-corrected chi connectivity index (χ1v) is 8.77. The van der Waals surface area contributed by atoms with E-state index in [1.165, 1.54) is 0 Å². The summed E-state index contributed by atoms with van der Waals surface area (Å²) in [6.07, 6.45) is 0.0671. The lowest BCUT2D eigenvalue weighted by atomic mass is 10.0. The van der Waals surface area contributed by atoms with Gasteiger partial charge in [-0.15, -0.1) is 0 Å². The summed E-state index contributed by atoms with van der Waals surface area (Å²) in [7, 11) is 3.14. The van der Waals surface area contributed by atoms with Crippen molar-refractivity contribution in [3.63, 3.8) is 0 Å². The van der Waals surface area contributed by atoms with Crippen molar-refractivity contribution in [3.8, 4) is 17.2 Å². The van der Waals surface area contributed by atoms with Crippen LogP contribution in [0.1, 0.15) is 22.8 Å². The Labute approximate surface area is 158 Å². The highest BCUT2D eigenvalue weighted by molar-refractivity contribution is 5.73. The zero-order chi connectivity index (χ0) is 19.2. The maximum atomic E-state index is 12.0. The molecule has 0 saturated carbocycles. The number of carbonyl (C=O) groups is 1. The van der Waals surface area contributed by atoms with Crippen LogP contribution in [0.5, 0.6) is 17.2 Å². The van der Waals surface area contributed by atoms with Gasteiger partial charge in [0.2, 0.25) is 0 Å². The molecule has 2 aromatic rings. The Morgan fingerprint density at radius 2 is 1.96 bits per heavy atom. The summed E-state index contributed by atoms with van der Waals surface area (Å²) in [4.78, 5) is 12.0. The topological polar surface area (TPSA) is 89.1 Å². The maximum absolute atomic E-state index is 12.0. The summed E-state index contributed by atoms with van der Waals surface area (Å²) >= 11 is 0. The van der Waals surface area contributed by atoms with E-state index < -0.39 is 6.10 Å². The van der Waals surface area contributed by atoms with Gasteiger partial charge in [-0.2, -0.15) is 0 Å². The lowest BCUT2D eigenvalue weighted by Gasteiger charge is -2.14. The first-order chi connectivity index (χ1) is 13.1. The van der Waals surface area contributed by atoms with Crippen molar-refractivity contribution in [1.82, 2.24) is 10.6 Å². The fourth-order valence-electron chi connectivity index (χ4n) is 2.96. The van der Waals surface area contributed by atoms with Gasteiger partial charge in [0.25, 0.3) is 0 Å². The van der Waals surface area contributed by atoms with Crippen LogP contribution >= 0.6 is 0 Å². The van der Waals surface area contributed by atoms with Gasteiger partial charge >= 0.3 is 6.03 Å². The lowest BCUT2D eigenvalue weighted by molar-refractivity contribution is 0.173. The van der Waals surface area contributed by atoms with Gasteiger partial charge in [0.15, 0.2) is 11.5 Å². The Morgan fingerprint density at radius 1 is 1.15 bits per heavy atom. The zero-order valence-electron chi connectivity index (χ0n) is 15.5. The van der Waals surface area contributed by atoms with Crippen molar-refractivity contribution in [3.05, 3.63) is 53.1 Å². The molecule has 0 radical (unpaired) electrons. The first kappa shape index (κ1) is 18.8. The molecule has 1 aliphatic rings. The molecule has 1 atom stereocenters. The van der Waals surface area contributed by atoms with E-state index in [0.29, 0.717) is 24.7 Å². The molecule has 0 spiro atoms. The van der Waals surface area contributed by atoms with Gasteiger partial charge in [-0.3, -0.25) is 0 Å². The number of rotatable bonds is 7. The van der Waals surface area contributed by atoms with Crippen molar-refractivity contribution in [1.29, 1.82) is 0 Å². The predicted octanol–water partition coefficient (Wildman–Crippen LogP) is 2.17.